The molecule has 0 spiro atoms. The molecule has 0 fully saturated rings. The molecule has 0 radical (unpaired) electrons. The van der Waals surface area contributed by atoms with Gasteiger partial charge in [0.05, 0.1) is 26.8 Å². The summed E-state index contributed by atoms with van der Waals surface area (Å²) in [5, 5.41) is 8.81. The Morgan fingerprint density at radius 1 is 1.46 bits per heavy atom. The van der Waals surface area contributed by atoms with Crippen molar-refractivity contribution in [3.05, 3.63) is 29.3 Å². The summed E-state index contributed by atoms with van der Waals surface area (Å²) in [6.45, 7) is 0. The van der Waals surface area contributed by atoms with Crippen molar-refractivity contribution < 1.29 is 4.21 Å². The number of benzene rings is 1. The molecule has 1 aromatic rings. The Balaban J connectivity index is 2.78. The maximum Gasteiger partial charge on any atom is 0.0631 e. The minimum Gasteiger partial charge on any atom is -0.254 e. The molecule has 13 heavy (non-hydrogen) atoms. The molecule has 4 heteroatoms. The van der Waals surface area contributed by atoms with E-state index in [0.717, 1.165) is 0 Å². The number of nitriles is 1. The first-order chi connectivity index (χ1) is 6.25. The average molecular weight is 214 g/mol. The molecule has 1 rings (SSSR count). The van der Waals surface area contributed by atoms with Crippen molar-refractivity contribution >= 4 is 22.4 Å². The lowest BCUT2D eigenvalue weighted by Gasteiger charge is -2.00. The zero-order valence-corrected chi connectivity index (χ0v) is 8.44. The van der Waals surface area contributed by atoms with Crippen LogP contribution in [0.4, 0.5) is 0 Å². The molecule has 0 heterocycles. The molecule has 1 atom stereocenters. The highest BCUT2D eigenvalue weighted by molar-refractivity contribution is 7.85. The summed E-state index contributed by atoms with van der Waals surface area (Å²) in [5.41, 5.74) is 0. The first-order valence-electron chi connectivity index (χ1n) is 3.75. The number of hydrogen-bond acceptors (Lipinski definition) is 2. The minimum absolute atomic E-state index is 0.290. The molecule has 0 aliphatic rings. The van der Waals surface area contributed by atoms with Crippen molar-refractivity contribution in [1.82, 2.24) is 0 Å². The van der Waals surface area contributed by atoms with Gasteiger partial charge in [0.2, 0.25) is 0 Å². The van der Waals surface area contributed by atoms with Gasteiger partial charge in [0, 0.05) is 12.2 Å². The van der Waals surface area contributed by atoms with Crippen molar-refractivity contribution in [2.75, 3.05) is 5.75 Å². The van der Waals surface area contributed by atoms with E-state index in [2.05, 4.69) is 0 Å². The molecular weight excluding hydrogens is 206 g/mol. The van der Waals surface area contributed by atoms with E-state index in [1.807, 2.05) is 6.07 Å². The first kappa shape index (κ1) is 10.2. The van der Waals surface area contributed by atoms with Gasteiger partial charge in [0.1, 0.15) is 0 Å². The smallest absolute Gasteiger partial charge is 0.0631 e. The summed E-state index contributed by atoms with van der Waals surface area (Å²) < 4.78 is 11.5. The van der Waals surface area contributed by atoms with Gasteiger partial charge in [-0.1, -0.05) is 23.7 Å². The SMILES string of the molecule is N#CCCS(=O)c1ccccc1Cl. The fraction of sp³-hybridized carbons (Fsp3) is 0.222. The van der Waals surface area contributed by atoms with Gasteiger partial charge in [-0.3, -0.25) is 4.21 Å². The maximum atomic E-state index is 11.5. The van der Waals surface area contributed by atoms with E-state index in [0.29, 0.717) is 15.7 Å². The molecule has 68 valence electrons. The van der Waals surface area contributed by atoms with Crippen LogP contribution in [0.1, 0.15) is 6.42 Å². The van der Waals surface area contributed by atoms with E-state index >= 15 is 0 Å². The zero-order chi connectivity index (χ0) is 9.68. The maximum absolute atomic E-state index is 11.5. The minimum atomic E-state index is -1.15. The monoisotopic (exact) mass is 213 g/mol. The van der Waals surface area contributed by atoms with Gasteiger partial charge in [-0.05, 0) is 12.1 Å². The van der Waals surface area contributed by atoms with Crippen molar-refractivity contribution in [1.29, 1.82) is 5.26 Å². The second-order valence-electron chi connectivity index (χ2n) is 2.39. The van der Waals surface area contributed by atoms with Gasteiger partial charge in [-0.15, -0.1) is 0 Å². The zero-order valence-electron chi connectivity index (χ0n) is 6.87. The lowest BCUT2D eigenvalue weighted by Crippen LogP contribution is -1.97. The molecule has 0 aliphatic heterocycles. The van der Waals surface area contributed by atoms with E-state index in [1.165, 1.54) is 0 Å². The Labute approximate surface area is 84.6 Å². The van der Waals surface area contributed by atoms with Crippen LogP contribution < -0.4 is 0 Å². The molecule has 0 saturated carbocycles. The first-order valence-corrected chi connectivity index (χ1v) is 5.45. The van der Waals surface area contributed by atoms with Gasteiger partial charge >= 0.3 is 0 Å². The van der Waals surface area contributed by atoms with Crippen molar-refractivity contribution in [2.24, 2.45) is 0 Å². The quantitative estimate of drug-likeness (QED) is 0.774. The topological polar surface area (TPSA) is 40.9 Å². The third kappa shape index (κ3) is 2.83. The van der Waals surface area contributed by atoms with Crippen LogP contribution in [0, 0.1) is 11.3 Å². The number of nitrogens with zero attached hydrogens (tertiary/aromatic N) is 1. The Kier molecular flexibility index (Phi) is 3.94. The predicted octanol–water partition coefficient (Wildman–Crippen LogP) is 2.36. The third-order valence-electron chi connectivity index (χ3n) is 1.48. The van der Waals surface area contributed by atoms with Crippen LogP contribution in [0.5, 0.6) is 0 Å². The number of hydrogen-bond donors (Lipinski definition) is 0. The van der Waals surface area contributed by atoms with Gasteiger partial charge < -0.3 is 0 Å². The lowest BCUT2D eigenvalue weighted by molar-refractivity contribution is 0.683. The van der Waals surface area contributed by atoms with Crippen LogP contribution >= 0.6 is 11.6 Å². The Bertz CT molecular complexity index is 359. The second-order valence-corrected chi connectivity index (χ2v) is 4.33. The third-order valence-corrected chi connectivity index (χ3v) is 3.34. The van der Waals surface area contributed by atoms with Crippen LogP contribution in [0.3, 0.4) is 0 Å². The highest BCUT2D eigenvalue weighted by atomic mass is 35.5. The predicted molar refractivity (Wildman–Crippen MR) is 53.0 cm³/mol. The summed E-state index contributed by atoms with van der Waals surface area (Å²) in [5.74, 6) is 0.347. The van der Waals surface area contributed by atoms with Gasteiger partial charge in [0.15, 0.2) is 0 Å². The van der Waals surface area contributed by atoms with E-state index in [-0.39, 0.29) is 6.42 Å². The van der Waals surface area contributed by atoms with Crippen LogP contribution in [-0.2, 0) is 10.8 Å². The second kappa shape index (κ2) is 5.00. The Hall–Kier alpha value is -0.850. The normalized spacial score (nSPS) is 12.0. The number of rotatable bonds is 3. The summed E-state index contributed by atoms with van der Waals surface area (Å²) in [6, 6.07) is 8.93. The van der Waals surface area contributed by atoms with Crippen LogP contribution in [-0.4, -0.2) is 9.96 Å². The van der Waals surface area contributed by atoms with Crippen LogP contribution in [0.15, 0.2) is 29.2 Å². The molecule has 0 saturated heterocycles. The van der Waals surface area contributed by atoms with E-state index in [4.69, 9.17) is 16.9 Å². The van der Waals surface area contributed by atoms with Gasteiger partial charge in [0.25, 0.3) is 0 Å². The largest absolute Gasteiger partial charge is 0.254 e. The van der Waals surface area contributed by atoms with E-state index in [9.17, 15) is 4.21 Å². The van der Waals surface area contributed by atoms with Gasteiger partial charge in [-0.25, -0.2) is 0 Å². The standard InChI is InChI=1S/C9H8ClNOS/c10-8-4-1-2-5-9(8)13(12)7-3-6-11/h1-2,4-5H,3,7H2. The Morgan fingerprint density at radius 2 is 2.15 bits per heavy atom. The summed E-state index contributed by atoms with van der Waals surface area (Å²) in [6.07, 6.45) is 0.290. The molecule has 0 aliphatic carbocycles. The molecule has 1 aromatic carbocycles. The molecule has 2 nitrogen and oxygen atoms in total. The fourth-order valence-corrected chi connectivity index (χ4v) is 2.28. The Morgan fingerprint density at radius 3 is 2.77 bits per heavy atom. The van der Waals surface area contributed by atoms with E-state index in [1.54, 1.807) is 24.3 Å². The summed E-state index contributed by atoms with van der Waals surface area (Å²) >= 11 is 5.82. The van der Waals surface area contributed by atoms with Crippen molar-refractivity contribution in [3.8, 4) is 6.07 Å². The average Bonchev–Trinajstić information content (AvgIpc) is 2.15. The summed E-state index contributed by atoms with van der Waals surface area (Å²) in [7, 11) is -1.15. The van der Waals surface area contributed by atoms with Crippen LogP contribution in [0.25, 0.3) is 0 Å². The van der Waals surface area contributed by atoms with Crippen LogP contribution in [0.2, 0.25) is 5.02 Å². The van der Waals surface area contributed by atoms with Crippen molar-refractivity contribution in [3.63, 3.8) is 0 Å². The van der Waals surface area contributed by atoms with Gasteiger partial charge in [-0.2, -0.15) is 5.26 Å². The molecule has 0 aromatic heterocycles. The fourth-order valence-electron chi connectivity index (χ4n) is 0.878. The molecule has 0 N–H and O–H groups in total. The van der Waals surface area contributed by atoms with Crippen molar-refractivity contribution in [2.45, 2.75) is 11.3 Å². The molecule has 1 unspecified atom stereocenters. The highest BCUT2D eigenvalue weighted by Crippen LogP contribution is 2.19. The number of halogens is 1. The highest BCUT2D eigenvalue weighted by Gasteiger charge is 2.06. The van der Waals surface area contributed by atoms with E-state index < -0.39 is 10.8 Å². The molecular formula is C9H8ClNOS. The summed E-state index contributed by atoms with van der Waals surface area (Å²) in [4.78, 5) is 0.611. The molecule has 0 bridgehead atoms. The molecule has 0 amide bonds. The lowest BCUT2D eigenvalue weighted by atomic mass is 10.4.